The lowest BCUT2D eigenvalue weighted by atomic mass is 10.1. The molecular formula is C9H12N2O. The van der Waals surface area contributed by atoms with Crippen molar-refractivity contribution in [1.29, 1.82) is 0 Å². The zero-order chi connectivity index (χ0) is 9.14. The topological polar surface area (TPSA) is 55.1 Å². The van der Waals surface area contributed by atoms with Gasteiger partial charge in [0.25, 0.3) is 0 Å². The Balaban J connectivity index is 3.13. The van der Waals surface area contributed by atoms with E-state index >= 15 is 0 Å². The predicted octanol–water partition coefficient (Wildman–Crippen LogP) is 1.14. The van der Waals surface area contributed by atoms with Gasteiger partial charge in [-0.05, 0) is 24.6 Å². The van der Waals surface area contributed by atoms with E-state index in [-0.39, 0.29) is 0 Å². The van der Waals surface area contributed by atoms with E-state index in [1.165, 1.54) is 0 Å². The molecule has 0 bridgehead atoms. The maximum Gasteiger partial charge on any atom is 0.248 e. The third-order valence-electron chi connectivity index (χ3n) is 1.79. The van der Waals surface area contributed by atoms with Gasteiger partial charge in [0, 0.05) is 18.3 Å². The van der Waals surface area contributed by atoms with E-state index in [0.717, 1.165) is 11.3 Å². The summed E-state index contributed by atoms with van der Waals surface area (Å²) >= 11 is 0. The first-order valence-corrected chi connectivity index (χ1v) is 3.73. The minimum atomic E-state index is -0.397. The number of hydrogen-bond donors (Lipinski definition) is 2. The van der Waals surface area contributed by atoms with Gasteiger partial charge >= 0.3 is 0 Å². The summed E-state index contributed by atoms with van der Waals surface area (Å²) < 4.78 is 0. The summed E-state index contributed by atoms with van der Waals surface area (Å²) in [6.07, 6.45) is 0. The molecule has 3 N–H and O–H groups in total. The fraction of sp³-hybridized carbons (Fsp3) is 0.222. The number of primary amides is 1. The number of nitrogens with one attached hydrogen (secondary N) is 1. The Morgan fingerprint density at radius 1 is 1.50 bits per heavy atom. The quantitative estimate of drug-likeness (QED) is 0.688. The van der Waals surface area contributed by atoms with Crippen LogP contribution in [-0.4, -0.2) is 13.0 Å². The third-order valence-corrected chi connectivity index (χ3v) is 1.79. The van der Waals surface area contributed by atoms with Crippen molar-refractivity contribution in [2.75, 3.05) is 12.4 Å². The fourth-order valence-electron chi connectivity index (χ4n) is 1.04. The molecule has 0 saturated heterocycles. The minimum Gasteiger partial charge on any atom is -0.388 e. The van der Waals surface area contributed by atoms with Crippen LogP contribution < -0.4 is 11.1 Å². The fourth-order valence-corrected chi connectivity index (χ4v) is 1.04. The minimum absolute atomic E-state index is 0.397. The molecule has 0 unspecified atom stereocenters. The lowest BCUT2D eigenvalue weighted by Crippen LogP contribution is -2.11. The second kappa shape index (κ2) is 3.26. The van der Waals surface area contributed by atoms with Crippen LogP contribution in [0, 0.1) is 6.92 Å². The molecule has 1 aromatic carbocycles. The summed E-state index contributed by atoms with van der Waals surface area (Å²) in [5, 5.41) is 2.98. The molecule has 12 heavy (non-hydrogen) atoms. The molecule has 0 spiro atoms. The highest BCUT2D eigenvalue weighted by atomic mass is 16.1. The molecule has 0 atom stereocenters. The Morgan fingerprint density at radius 2 is 2.17 bits per heavy atom. The van der Waals surface area contributed by atoms with E-state index in [1.807, 2.05) is 20.0 Å². The zero-order valence-corrected chi connectivity index (χ0v) is 7.22. The number of anilines is 1. The molecule has 0 aliphatic carbocycles. The third kappa shape index (κ3) is 1.56. The van der Waals surface area contributed by atoms with Crippen LogP contribution in [0.2, 0.25) is 0 Å². The van der Waals surface area contributed by atoms with Crippen LogP contribution in [0.25, 0.3) is 0 Å². The molecule has 0 aliphatic heterocycles. The number of rotatable bonds is 2. The van der Waals surface area contributed by atoms with Gasteiger partial charge in [0.1, 0.15) is 0 Å². The summed E-state index contributed by atoms with van der Waals surface area (Å²) in [5.74, 6) is -0.397. The van der Waals surface area contributed by atoms with Crippen molar-refractivity contribution < 1.29 is 4.79 Å². The highest BCUT2D eigenvalue weighted by Crippen LogP contribution is 2.15. The zero-order valence-electron chi connectivity index (χ0n) is 7.22. The van der Waals surface area contributed by atoms with Crippen LogP contribution in [0.15, 0.2) is 18.2 Å². The van der Waals surface area contributed by atoms with Crippen LogP contribution in [0.3, 0.4) is 0 Å². The number of benzene rings is 1. The molecule has 1 rings (SSSR count). The van der Waals surface area contributed by atoms with Crippen molar-refractivity contribution in [3.05, 3.63) is 29.3 Å². The molecule has 3 heteroatoms. The van der Waals surface area contributed by atoms with E-state index in [2.05, 4.69) is 5.32 Å². The summed E-state index contributed by atoms with van der Waals surface area (Å²) in [4.78, 5) is 10.8. The standard InChI is InChI=1S/C9H12N2O/c1-6-3-4-7(9(10)12)5-8(6)11-2/h3-5,11H,1-2H3,(H2,10,12). The largest absolute Gasteiger partial charge is 0.388 e. The number of amides is 1. The Bertz CT molecular complexity index is 307. The van der Waals surface area contributed by atoms with E-state index in [9.17, 15) is 4.79 Å². The number of aryl methyl sites for hydroxylation is 1. The summed E-state index contributed by atoms with van der Waals surface area (Å²) in [6.45, 7) is 1.97. The van der Waals surface area contributed by atoms with E-state index in [4.69, 9.17) is 5.73 Å². The predicted molar refractivity (Wildman–Crippen MR) is 49.2 cm³/mol. The molecule has 0 radical (unpaired) electrons. The SMILES string of the molecule is CNc1cc(C(N)=O)ccc1C. The van der Waals surface area contributed by atoms with Gasteiger partial charge in [0.2, 0.25) is 5.91 Å². The first-order chi connectivity index (χ1) is 5.65. The maximum absolute atomic E-state index is 10.8. The van der Waals surface area contributed by atoms with E-state index in [1.54, 1.807) is 12.1 Å². The van der Waals surface area contributed by atoms with Crippen LogP contribution in [0.5, 0.6) is 0 Å². The number of carbonyl (C=O) groups excluding carboxylic acids is 1. The molecular weight excluding hydrogens is 152 g/mol. The van der Waals surface area contributed by atoms with Crippen LogP contribution in [-0.2, 0) is 0 Å². The smallest absolute Gasteiger partial charge is 0.248 e. The maximum atomic E-state index is 10.8. The van der Waals surface area contributed by atoms with Gasteiger partial charge in [0.05, 0.1) is 0 Å². The average molecular weight is 164 g/mol. The first-order valence-electron chi connectivity index (χ1n) is 3.73. The van der Waals surface area contributed by atoms with Crippen molar-refractivity contribution >= 4 is 11.6 Å². The van der Waals surface area contributed by atoms with Gasteiger partial charge in [-0.2, -0.15) is 0 Å². The van der Waals surface area contributed by atoms with Gasteiger partial charge < -0.3 is 11.1 Å². The average Bonchev–Trinajstić information content (AvgIpc) is 2.05. The molecule has 3 nitrogen and oxygen atoms in total. The molecule has 0 aromatic heterocycles. The first kappa shape index (κ1) is 8.59. The van der Waals surface area contributed by atoms with E-state index in [0.29, 0.717) is 5.56 Å². The summed E-state index contributed by atoms with van der Waals surface area (Å²) in [7, 11) is 1.81. The summed E-state index contributed by atoms with van der Waals surface area (Å²) in [5.41, 5.74) is 7.69. The molecule has 1 aromatic rings. The van der Waals surface area contributed by atoms with Gasteiger partial charge in [-0.15, -0.1) is 0 Å². The molecule has 0 fully saturated rings. The van der Waals surface area contributed by atoms with Gasteiger partial charge in [0.15, 0.2) is 0 Å². The Hall–Kier alpha value is -1.51. The summed E-state index contributed by atoms with van der Waals surface area (Å²) in [6, 6.07) is 5.34. The number of hydrogen-bond acceptors (Lipinski definition) is 2. The second-order valence-corrected chi connectivity index (χ2v) is 2.64. The van der Waals surface area contributed by atoms with Crippen LogP contribution >= 0.6 is 0 Å². The second-order valence-electron chi connectivity index (χ2n) is 2.64. The number of carbonyl (C=O) groups is 1. The highest BCUT2D eigenvalue weighted by Gasteiger charge is 2.02. The van der Waals surface area contributed by atoms with Crippen LogP contribution in [0.1, 0.15) is 15.9 Å². The van der Waals surface area contributed by atoms with Gasteiger partial charge in [-0.3, -0.25) is 4.79 Å². The monoisotopic (exact) mass is 164 g/mol. The van der Waals surface area contributed by atoms with Gasteiger partial charge in [-0.1, -0.05) is 6.07 Å². The normalized spacial score (nSPS) is 9.50. The van der Waals surface area contributed by atoms with Crippen molar-refractivity contribution in [3.8, 4) is 0 Å². The molecule has 1 amide bonds. The molecule has 0 heterocycles. The highest BCUT2D eigenvalue weighted by molar-refractivity contribution is 5.93. The van der Waals surface area contributed by atoms with E-state index < -0.39 is 5.91 Å². The molecule has 64 valence electrons. The van der Waals surface area contributed by atoms with Gasteiger partial charge in [-0.25, -0.2) is 0 Å². The van der Waals surface area contributed by atoms with Crippen molar-refractivity contribution in [2.24, 2.45) is 5.73 Å². The van der Waals surface area contributed by atoms with Crippen molar-refractivity contribution in [2.45, 2.75) is 6.92 Å². The molecule has 0 saturated carbocycles. The Morgan fingerprint density at radius 3 is 2.67 bits per heavy atom. The van der Waals surface area contributed by atoms with Crippen LogP contribution in [0.4, 0.5) is 5.69 Å². The number of nitrogens with two attached hydrogens (primary N) is 1. The Kier molecular flexibility index (Phi) is 2.33. The Labute approximate surface area is 71.6 Å². The van der Waals surface area contributed by atoms with Crippen molar-refractivity contribution in [1.82, 2.24) is 0 Å². The lowest BCUT2D eigenvalue weighted by Gasteiger charge is -2.05. The van der Waals surface area contributed by atoms with Crippen molar-refractivity contribution in [3.63, 3.8) is 0 Å². The lowest BCUT2D eigenvalue weighted by molar-refractivity contribution is 0.100. The molecule has 0 aliphatic rings.